The highest BCUT2D eigenvalue weighted by molar-refractivity contribution is 9.10. The Morgan fingerprint density at radius 3 is 2.59 bits per heavy atom. The minimum Gasteiger partial charge on any atom is -0.480 e. The van der Waals surface area contributed by atoms with Gasteiger partial charge in [0.1, 0.15) is 11.2 Å². The van der Waals surface area contributed by atoms with Crippen LogP contribution in [0, 0.1) is 0 Å². The second kappa shape index (κ2) is 5.96. The molecule has 1 aromatic carbocycles. The third-order valence-electron chi connectivity index (χ3n) is 3.98. The van der Waals surface area contributed by atoms with Crippen LogP contribution < -0.4 is 5.32 Å². The van der Waals surface area contributed by atoms with Crippen LogP contribution >= 0.6 is 27.7 Å². The number of carbonyl (C=O) groups is 2. The first kappa shape index (κ1) is 15.4. The molecule has 0 radical (unpaired) electrons. The summed E-state index contributed by atoms with van der Waals surface area (Å²) in [5.74, 6) is 0.117. The normalized spacial score (nSPS) is 17.3. The van der Waals surface area contributed by atoms with Gasteiger partial charge in [-0.1, -0.05) is 18.2 Å². The van der Waals surface area contributed by atoms with E-state index >= 15 is 0 Å². The summed E-state index contributed by atoms with van der Waals surface area (Å²) in [5, 5.41) is 13.2. The van der Waals surface area contributed by atoms with Gasteiger partial charge in [0.25, 0.3) is 5.91 Å². The number of hydrogen-bond acceptors (Lipinski definition) is 3. The number of fused-ring (bicyclic) bond motifs is 1. The molecular weight excluding hydrogens is 368 g/mol. The summed E-state index contributed by atoms with van der Waals surface area (Å²) in [5.41, 5.74) is 0.0298. The number of amides is 1. The monoisotopic (exact) mass is 382 g/mol. The van der Waals surface area contributed by atoms with E-state index in [9.17, 15) is 14.7 Å². The number of carboxylic acid groups (broad SMARTS) is 1. The molecule has 2 aromatic rings. The molecule has 1 saturated heterocycles. The summed E-state index contributed by atoms with van der Waals surface area (Å²) >= 11 is 5.14. The molecule has 1 aliphatic rings. The Hall–Kier alpha value is -1.47. The Morgan fingerprint density at radius 1 is 1.27 bits per heavy atom. The van der Waals surface area contributed by atoms with Crippen LogP contribution in [0.15, 0.2) is 28.7 Å². The molecule has 1 aliphatic heterocycles. The van der Waals surface area contributed by atoms with Gasteiger partial charge < -0.3 is 15.4 Å². The number of nitrogens with one attached hydrogen (secondary N) is 2. The molecule has 1 fully saturated rings. The van der Waals surface area contributed by atoms with Gasteiger partial charge in [-0.15, -0.1) is 0 Å². The van der Waals surface area contributed by atoms with Crippen LogP contribution in [-0.2, 0) is 4.79 Å². The maximum Gasteiger partial charge on any atom is 0.329 e. The fourth-order valence-corrected chi connectivity index (χ4v) is 4.47. The SMILES string of the molecule is O=C(NC1(C(=O)O)CCSCC1)c1[nH]c2ccccc2c1Br. The van der Waals surface area contributed by atoms with Gasteiger partial charge in [0, 0.05) is 10.9 Å². The molecule has 3 N–H and O–H groups in total. The molecule has 22 heavy (non-hydrogen) atoms. The average molecular weight is 383 g/mol. The summed E-state index contributed by atoms with van der Waals surface area (Å²) in [4.78, 5) is 27.3. The number of thioether (sulfide) groups is 1. The number of aromatic amines is 1. The highest BCUT2D eigenvalue weighted by Crippen LogP contribution is 2.30. The fraction of sp³-hybridized carbons (Fsp3) is 0.333. The van der Waals surface area contributed by atoms with E-state index < -0.39 is 17.4 Å². The number of halogens is 1. The Kier molecular flexibility index (Phi) is 4.18. The summed E-state index contributed by atoms with van der Waals surface area (Å²) in [6, 6.07) is 7.54. The maximum absolute atomic E-state index is 12.6. The first-order valence-corrected chi connectivity index (χ1v) is 8.88. The van der Waals surface area contributed by atoms with Crippen molar-refractivity contribution in [1.29, 1.82) is 0 Å². The molecule has 0 unspecified atom stereocenters. The molecule has 0 bridgehead atoms. The molecule has 0 atom stereocenters. The van der Waals surface area contributed by atoms with E-state index in [-0.39, 0.29) is 0 Å². The molecule has 1 aromatic heterocycles. The van der Waals surface area contributed by atoms with Gasteiger partial charge in [0.05, 0.1) is 4.47 Å². The van der Waals surface area contributed by atoms with Gasteiger partial charge in [-0.3, -0.25) is 4.79 Å². The number of H-pyrrole nitrogens is 1. The van der Waals surface area contributed by atoms with E-state index in [2.05, 4.69) is 26.2 Å². The number of carboxylic acids is 1. The quantitative estimate of drug-likeness (QED) is 0.761. The Labute approximate surface area is 140 Å². The molecule has 0 aliphatic carbocycles. The van der Waals surface area contributed by atoms with E-state index in [0.717, 1.165) is 22.4 Å². The Morgan fingerprint density at radius 2 is 1.95 bits per heavy atom. The van der Waals surface area contributed by atoms with Gasteiger partial charge >= 0.3 is 5.97 Å². The van der Waals surface area contributed by atoms with Crippen molar-refractivity contribution < 1.29 is 14.7 Å². The van der Waals surface area contributed by atoms with Crippen molar-refractivity contribution in [2.75, 3.05) is 11.5 Å². The predicted octanol–water partition coefficient (Wildman–Crippen LogP) is 3.01. The number of aromatic nitrogens is 1. The highest BCUT2D eigenvalue weighted by Gasteiger charge is 2.41. The van der Waals surface area contributed by atoms with Crippen LogP contribution in [0.4, 0.5) is 0 Å². The minimum absolute atomic E-state index is 0.361. The zero-order valence-electron chi connectivity index (χ0n) is 11.7. The maximum atomic E-state index is 12.6. The van der Waals surface area contributed by atoms with E-state index in [0.29, 0.717) is 23.0 Å². The summed E-state index contributed by atoms with van der Waals surface area (Å²) in [6.45, 7) is 0. The third kappa shape index (κ3) is 2.63. The summed E-state index contributed by atoms with van der Waals surface area (Å²) in [6.07, 6.45) is 0.882. The van der Waals surface area contributed by atoms with E-state index in [1.165, 1.54) is 0 Å². The standard InChI is InChI=1S/C15H15BrN2O3S/c16-11-9-3-1-2-4-10(9)17-12(11)13(19)18-15(14(20)21)5-7-22-8-6-15/h1-4,17H,5-8H2,(H,18,19)(H,20,21). The smallest absolute Gasteiger partial charge is 0.329 e. The molecule has 5 nitrogen and oxygen atoms in total. The number of aliphatic carboxylic acids is 1. The molecule has 0 spiro atoms. The van der Waals surface area contributed by atoms with Gasteiger partial charge in [-0.2, -0.15) is 11.8 Å². The van der Waals surface area contributed by atoms with E-state index in [1.807, 2.05) is 24.3 Å². The van der Waals surface area contributed by atoms with Crippen molar-refractivity contribution in [2.45, 2.75) is 18.4 Å². The third-order valence-corrected chi connectivity index (χ3v) is 5.79. The van der Waals surface area contributed by atoms with Crippen LogP contribution in [0.5, 0.6) is 0 Å². The molecule has 7 heteroatoms. The lowest BCUT2D eigenvalue weighted by Gasteiger charge is -2.33. The molecule has 3 rings (SSSR count). The van der Waals surface area contributed by atoms with Crippen LogP contribution in [0.2, 0.25) is 0 Å². The number of hydrogen-bond donors (Lipinski definition) is 3. The largest absolute Gasteiger partial charge is 0.480 e. The first-order chi connectivity index (χ1) is 10.5. The lowest BCUT2D eigenvalue weighted by Crippen LogP contribution is -2.56. The van der Waals surface area contributed by atoms with Crippen molar-refractivity contribution in [2.24, 2.45) is 0 Å². The molecule has 0 saturated carbocycles. The van der Waals surface area contributed by atoms with E-state index in [1.54, 1.807) is 11.8 Å². The van der Waals surface area contributed by atoms with Crippen molar-refractivity contribution in [3.63, 3.8) is 0 Å². The second-order valence-electron chi connectivity index (χ2n) is 5.31. The van der Waals surface area contributed by atoms with Crippen LogP contribution in [0.25, 0.3) is 10.9 Å². The zero-order chi connectivity index (χ0) is 15.7. The van der Waals surface area contributed by atoms with Crippen molar-refractivity contribution in [3.05, 3.63) is 34.4 Å². The fourth-order valence-electron chi connectivity index (χ4n) is 2.66. The molecular formula is C15H15BrN2O3S. The Bertz CT molecular complexity index is 737. The lowest BCUT2D eigenvalue weighted by molar-refractivity contribution is -0.144. The Balaban J connectivity index is 1.92. The van der Waals surface area contributed by atoms with Gasteiger partial charge in [-0.05, 0) is 46.3 Å². The van der Waals surface area contributed by atoms with Crippen LogP contribution in [-0.4, -0.2) is 39.0 Å². The van der Waals surface area contributed by atoms with Gasteiger partial charge in [-0.25, -0.2) is 4.79 Å². The van der Waals surface area contributed by atoms with Crippen molar-refractivity contribution >= 4 is 50.5 Å². The average Bonchev–Trinajstić information content (AvgIpc) is 2.86. The summed E-state index contributed by atoms with van der Waals surface area (Å²) < 4.78 is 0.659. The molecule has 1 amide bonds. The highest BCUT2D eigenvalue weighted by atomic mass is 79.9. The number of carbonyl (C=O) groups excluding carboxylic acids is 1. The predicted molar refractivity (Wildman–Crippen MR) is 90.4 cm³/mol. The van der Waals surface area contributed by atoms with E-state index in [4.69, 9.17) is 0 Å². The van der Waals surface area contributed by atoms with Crippen LogP contribution in [0.3, 0.4) is 0 Å². The number of benzene rings is 1. The molecule has 116 valence electrons. The zero-order valence-corrected chi connectivity index (χ0v) is 14.1. The topological polar surface area (TPSA) is 82.2 Å². The minimum atomic E-state index is -1.17. The first-order valence-electron chi connectivity index (χ1n) is 6.93. The van der Waals surface area contributed by atoms with Gasteiger partial charge in [0.2, 0.25) is 0 Å². The number of rotatable bonds is 3. The summed E-state index contributed by atoms with van der Waals surface area (Å²) in [7, 11) is 0. The molecule has 2 heterocycles. The van der Waals surface area contributed by atoms with Crippen molar-refractivity contribution in [1.82, 2.24) is 10.3 Å². The lowest BCUT2D eigenvalue weighted by atomic mass is 9.92. The second-order valence-corrected chi connectivity index (χ2v) is 7.33. The van der Waals surface area contributed by atoms with Gasteiger partial charge in [0.15, 0.2) is 0 Å². The number of para-hydroxylation sites is 1. The van der Waals surface area contributed by atoms with Crippen LogP contribution in [0.1, 0.15) is 23.3 Å². The van der Waals surface area contributed by atoms with Crippen molar-refractivity contribution in [3.8, 4) is 0 Å².